The Hall–Kier alpha value is -3.22. The Morgan fingerprint density at radius 2 is 1.52 bits per heavy atom. The van der Waals surface area contributed by atoms with Crippen LogP contribution in [0, 0.1) is 13.8 Å². The molecule has 3 aromatic rings. The molecule has 0 saturated carbocycles. The van der Waals surface area contributed by atoms with Crippen LogP contribution < -0.4 is 21.2 Å². The predicted octanol–water partition coefficient (Wildman–Crippen LogP) is 4.70. The number of hydrogen-bond donors (Lipinski definition) is 2. The van der Waals surface area contributed by atoms with Crippen molar-refractivity contribution in [3.05, 3.63) is 51.9 Å². The summed E-state index contributed by atoms with van der Waals surface area (Å²) in [5, 5.41) is 6.04. The third kappa shape index (κ3) is 3.92. The number of nitrogens with zero attached hydrogens (tertiary/aromatic N) is 3. The lowest BCUT2D eigenvalue weighted by molar-refractivity contribution is 0.262. The highest BCUT2D eigenvalue weighted by Gasteiger charge is 2.21. The van der Waals surface area contributed by atoms with Crippen molar-refractivity contribution in [2.75, 3.05) is 28.6 Å². The molecule has 7 heteroatoms. The van der Waals surface area contributed by atoms with E-state index < -0.39 is 0 Å². The van der Waals surface area contributed by atoms with Gasteiger partial charge in [-0.2, -0.15) is 0 Å². The van der Waals surface area contributed by atoms with Crippen LogP contribution in [-0.2, 0) is 13.1 Å². The van der Waals surface area contributed by atoms with E-state index >= 15 is 0 Å². The summed E-state index contributed by atoms with van der Waals surface area (Å²) in [7, 11) is 0. The zero-order valence-corrected chi connectivity index (χ0v) is 18.8. The minimum Gasteiger partial charge on any atom is -0.370 e. The number of fused-ring (bicyclic) bond motifs is 1. The lowest BCUT2D eigenvalue weighted by Gasteiger charge is -2.22. The van der Waals surface area contributed by atoms with E-state index in [9.17, 15) is 9.59 Å². The van der Waals surface area contributed by atoms with Crippen LogP contribution in [0.4, 0.5) is 21.9 Å². The molecule has 0 spiro atoms. The Balaban J connectivity index is 1.76. The van der Waals surface area contributed by atoms with E-state index in [2.05, 4.69) is 21.6 Å². The number of aromatic nitrogens is 2. The number of urea groups is 1. The summed E-state index contributed by atoms with van der Waals surface area (Å²) < 4.78 is 3.57. The van der Waals surface area contributed by atoms with Gasteiger partial charge in [-0.15, -0.1) is 0 Å². The topological polar surface area (TPSA) is 71.3 Å². The molecule has 1 saturated heterocycles. The first-order valence-electron chi connectivity index (χ1n) is 11.1. The Morgan fingerprint density at radius 1 is 0.903 bits per heavy atom. The van der Waals surface area contributed by atoms with Crippen molar-refractivity contribution < 1.29 is 4.79 Å². The van der Waals surface area contributed by atoms with E-state index in [-0.39, 0.29) is 11.7 Å². The fourth-order valence-electron chi connectivity index (χ4n) is 4.43. The number of anilines is 3. The Morgan fingerprint density at radius 3 is 2.16 bits per heavy atom. The van der Waals surface area contributed by atoms with Gasteiger partial charge in [-0.3, -0.25) is 9.13 Å². The summed E-state index contributed by atoms with van der Waals surface area (Å²) in [6.07, 6.45) is 2.26. The summed E-state index contributed by atoms with van der Waals surface area (Å²) in [5.41, 5.74) is 6.34. The molecule has 31 heavy (non-hydrogen) atoms. The van der Waals surface area contributed by atoms with Gasteiger partial charge in [0.2, 0.25) is 0 Å². The SMILES string of the molecule is CCn1c(=O)n(CC)c2cc(N3CCCC3)c(NC(=O)Nc3cc(C)ccc3C)cc21. The van der Waals surface area contributed by atoms with Gasteiger partial charge in [0.05, 0.1) is 22.4 Å². The number of carbonyl (C=O) groups is 1. The van der Waals surface area contributed by atoms with Crippen molar-refractivity contribution in [3.63, 3.8) is 0 Å². The number of amides is 2. The van der Waals surface area contributed by atoms with Crippen molar-refractivity contribution >= 4 is 34.1 Å². The smallest absolute Gasteiger partial charge is 0.329 e. The lowest BCUT2D eigenvalue weighted by Crippen LogP contribution is -2.24. The summed E-state index contributed by atoms with van der Waals surface area (Å²) in [4.78, 5) is 28.0. The third-order valence-corrected chi connectivity index (χ3v) is 6.10. The Kier molecular flexibility index (Phi) is 5.76. The van der Waals surface area contributed by atoms with Gasteiger partial charge in [-0.1, -0.05) is 12.1 Å². The number of benzene rings is 2. The molecule has 1 aromatic heterocycles. The Labute approximate surface area is 182 Å². The summed E-state index contributed by atoms with van der Waals surface area (Å²) in [5.74, 6) is 0. The molecule has 0 unspecified atom stereocenters. The highest BCUT2D eigenvalue weighted by atomic mass is 16.2. The van der Waals surface area contributed by atoms with Crippen molar-refractivity contribution in [1.29, 1.82) is 0 Å². The Bertz CT molecular complexity index is 1180. The highest BCUT2D eigenvalue weighted by Crippen LogP contribution is 2.33. The second-order valence-electron chi connectivity index (χ2n) is 8.22. The van der Waals surface area contributed by atoms with Crippen LogP contribution in [0.5, 0.6) is 0 Å². The van der Waals surface area contributed by atoms with Gasteiger partial charge in [0.15, 0.2) is 0 Å². The first-order valence-corrected chi connectivity index (χ1v) is 11.1. The van der Waals surface area contributed by atoms with Gasteiger partial charge in [0.1, 0.15) is 0 Å². The van der Waals surface area contributed by atoms with Crippen LogP contribution in [0.3, 0.4) is 0 Å². The quantitative estimate of drug-likeness (QED) is 0.627. The van der Waals surface area contributed by atoms with Crippen molar-refractivity contribution in [1.82, 2.24) is 9.13 Å². The number of imidazole rings is 1. The zero-order valence-electron chi connectivity index (χ0n) is 18.8. The fourth-order valence-corrected chi connectivity index (χ4v) is 4.43. The molecule has 0 atom stereocenters. The average molecular weight is 422 g/mol. The molecule has 1 aliphatic rings. The van der Waals surface area contributed by atoms with E-state index in [4.69, 9.17) is 0 Å². The molecule has 0 bridgehead atoms. The normalized spacial score (nSPS) is 13.7. The number of aryl methyl sites for hydroxylation is 4. The van der Waals surface area contributed by atoms with Crippen molar-refractivity contribution in [3.8, 4) is 0 Å². The zero-order chi connectivity index (χ0) is 22.1. The summed E-state index contributed by atoms with van der Waals surface area (Å²) in [6, 6.07) is 9.72. The van der Waals surface area contributed by atoms with Gasteiger partial charge in [-0.25, -0.2) is 9.59 Å². The van der Waals surface area contributed by atoms with Gasteiger partial charge < -0.3 is 15.5 Å². The third-order valence-electron chi connectivity index (χ3n) is 6.10. The second kappa shape index (κ2) is 8.49. The van der Waals surface area contributed by atoms with E-state index in [1.807, 2.05) is 52.0 Å². The van der Waals surface area contributed by atoms with Crippen molar-refractivity contribution in [2.45, 2.75) is 53.6 Å². The largest absolute Gasteiger partial charge is 0.370 e. The number of rotatable bonds is 5. The molecule has 7 nitrogen and oxygen atoms in total. The maximum atomic E-state index is 12.9. The van der Waals surface area contributed by atoms with Crippen molar-refractivity contribution in [2.24, 2.45) is 0 Å². The van der Waals surface area contributed by atoms with Crippen LogP contribution in [0.2, 0.25) is 0 Å². The first kappa shape index (κ1) is 21.0. The molecular formula is C24H31N5O2. The van der Waals surface area contributed by atoms with Gasteiger partial charge in [0.25, 0.3) is 0 Å². The highest BCUT2D eigenvalue weighted by molar-refractivity contribution is 6.04. The molecule has 0 radical (unpaired) electrons. The van der Waals surface area contributed by atoms with E-state index in [1.165, 1.54) is 0 Å². The molecule has 2 aromatic carbocycles. The molecule has 2 heterocycles. The van der Waals surface area contributed by atoms with Crippen LogP contribution in [0.15, 0.2) is 35.1 Å². The van der Waals surface area contributed by atoms with Gasteiger partial charge >= 0.3 is 11.7 Å². The number of nitrogens with one attached hydrogen (secondary N) is 2. The standard InChI is InChI=1S/C24H31N5O2/c1-5-28-21-14-19(26-23(30)25-18-13-16(3)9-10-17(18)4)20(27-11-7-8-12-27)15-22(21)29(6-2)24(28)31/h9-10,13-15H,5-8,11-12H2,1-4H3,(H2,25,26,30). The van der Waals surface area contributed by atoms with Gasteiger partial charge in [-0.05, 0) is 69.9 Å². The number of hydrogen-bond acceptors (Lipinski definition) is 3. The molecule has 164 valence electrons. The summed E-state index contributed by atoms with van der Waals surface area (Å²) in [6.45, 7) is 11.0. The van der Waals surface area contributed by atoms with Crippen LogP contribution in [0.25, 0.3) is 11.0 Å². The minimum atomic E-state index is -0.284. The molecular weight excluding hydrogens is 390 g/mol. The minimum absolute atomic E-state index is 0.00985. The molecule has 2 N–H and O–H groups in total. The average Bonchev–Trinajstić information content (AvgIpc) is 3.35. The lowest BCUT2D eigenvalue weighted by atomic mass is 10.1. The molecule has 1 fully saturated rings. The first-order chi connectivity index (χ1) is 14.9. The van der Waals surface area contributed by atoms with Crippen LogP contribution in [0.1, 0.15) is 37.8 Å². The molecule has 2 amide bonds. The molecule has 4 rings (SSSR count). The number of carbonyl (C=O) groups excluding carboxylic acids is 1. The molecule has 0 aliphatic carbocycles. The van der Waals surface area contributed by atoms with E-state index in [1.54, 1.807) is 9.13 Å². The van der Waals surface area contributed by atoms with E-state index in [0.717, 1.165) is 65.2 Å². The van der Waals surface area contributed by atoms with Crippen LogP contribution in [-0.4, -0.2) is 28.3 Å². The monoisotopic (exact) mass is 421 g/mol. The van der Waals surface area contributed by atoms with Crippen LogP contribution >= 0.6 is 0 Å². The maximum Gasteiger partial charge on any atom is 0.329 e. The van der Waals surface area contributed by atoms with Gasteiger partial charge in [0, 0.05) is 31.9 Å². The fraction of sp³-hybridized carbons (Fsp3) is 0.417. The molecule has 1 aliphatic heterocycles. The summed E-state index contributed by atoms with van der Waals surface area (Å²) >= 11 is 0. The maximum absolute atomic E-state index is 12.9. The second-order valence-corrected chi connectivity index (χ2v) is 8.22. The van der Waals surface area contributed by atoms with E-state index in [0.29, 0.717) is 13.1 Å². The predicted molar refractivity (Wildman–Crippen MR) is 128 cm³/mol.